The van der Waals surface area contributed by atoms with Crippen molar-refractivity contribution in [2.45, 2.75) is 19.6 Å². The Morgan fingerprint density at radius 1 is 1.32 bits per heavy atom. The van der Waals surface area contributed by atoms with Gasteiger partial charge in [-0.05, 0) is 19.1 Å². The van der Waals surface area contributed by atoms with Crippen molar-refractivity contribution in [3.05, 3.63) is 48.1 Å². The summed E-state index contributed by atoms with van der Waals surface area (Å²) in [5, 5.41) is 7.31. The van der Waals surface area contributed by atoms with E-state index in [4.69, 9.17) is 9.26 Å². The molecule has 0 saturated carbocycles. The molecular weight excluding hydrogens is 476 g/mol. The van der Waals surface area contributed by atoms with E-state index >= 15 is 0 Å². The van der Waals surface area contributed by atoms with Crippen LogP contribution in [0.25, 0.3) is 0 Å². The molecule has 28 heavy (non-hydrogen) atoms. The monoisotopic (exact) mass is 503 g/mol. The molecule has 1 N–H and O–H groups in total. The summed E-state index contributed by atoms with van der Waals surface area (Å²) in [7, 11) is 1.78. The van der Waals surface area contributed by atoms with Gasteiger partial charge in [0, 0.05) is 51.9 Å². The minimum atomic E-state index is -0.299. The molecular formula is C19H27FIN5O2. The second kappa shape index (κ2) is 11.2. The van der Waals surface area contributed by atoms with Crippen molar-refractivity contribution in [2.24, 2.45) is 4.99 Å². The number of benzene rings is 1. The minimum absolute atomic E-state index is 0. The molecule has 3 rings (SSSR count). The van der Waals surface area contributed by atoms with Crippen LogP contribution in [0, 0.1) is 5.82 Å². The molecule has 0 aliphatic carbocycles. The molecule has 1 aliphatic heterocycles. The van der Waals surface area contributed by atoms with Gasteiger partial charge in [0.2, 0.25) is 0 Å². The molecule has 1 unspecified atom stereocenters. The number of hydrogen-bond acceptors (Lipinski definition) is 5. The van der Waals surface area contributed by atoms with E-state index < -0.39 is 0 Å². The molecule has 1 atom stereocenters. The maximum Gasteiger partial charge on any atom is 0.193 e. The SMILES string of the molecule is CN=C(NCC(C)Oc1cccc(F)c1)N1CCN(Cc2ccon2)CC1.I. The highest BCUT2D eigenvalue weighted by atomic mass is 127. The van der Waals surface area contributed by atoms with Crippen LogP contribution in [0.1, 0.15) is 12.6 Å². The van der Waals surface area contributed by atoms with Crippen molar-refractivity contribution in [3.63, 3.8) is 0 Å². The molecule has 1 aromatic heterocycles. The number of ether oxygens (including phenoxy) is 1. The van der Waals surface area contributed by atoms with Crippen LogP contribution in [0.4, 0.5) is 4.39 Å². The molecule has 7 nitrogen and oxygen atoms in total. The van der Waals surface area contributed by atoms with Gasteiger partial charge in [0.05, 0.1) is 12.2 Å². The third kappa shape index (κ3) is 6.62. The lowest BCUT2D eigenvalue weighted by molar-refractivity contribution is 0.167. The molecule has 1 aliphatic rings. The number of rotatable bonds is 6. The van der Waals surface area contributed by atoms with E-state index in [-0.39, 0.29) is 35.9 Å². The third-order valence-corrected chi connectivity index (χ3v) is 4.44. The standard InChI is InChI=1S/C19H26FN5O2.HI/c1-15(27-18-5-3-4-16(20)12-18)13-22-19(21-2)25-9-7-24(8-10-25)14-17-6-11-26-23-17;/h3-6,11-12,15H,7-10,13-14H2,1-2H3,(H,21,22);1H. The smallest absolute Gasteiger partial charge is 0.193 e. The van der Waals surface area contributed by atoms with Gasteiger partial charge in [-0.25, -0.2) is 4.39 Å². The van der Waals surface area contributed by atoms with Gasteiger partial charge in [-0.3, -0.25) is 9.89 Å². The quantitative estimate of drug-likeness (QED) is 0.372. The van der Waals surface area contributed by atoms with Crippen molar-refractivity contribution in [3.8, 4) is 5.75 Å². The van der Waals surface area contributed by atoms with E-state index in [0.29, 0.717) is 12.3 Å². The number of aromatic nitrogens is 1. The number of nitrogens with one attached hydrogen (secondary N) is 1. The zero-order valence-corrected chi connectivity index (χ0v) is 18.5. The first-order valence-electron chi connectivity index (χ1n) is 9.13. The molecule has 1 saturated heterocycles. The number of hydrogen-bond donors (Lipinski definition) is 1. The van der Waals surface area contributed by atoms with Crippen molar-refractivity contribution < 1.29 is 13.7 Å². The molecule has 0 spiro atoms. The molecule has 0 radical (unpaired) electrons. The van der Waals surface area contributed by atoms with Crippen molar-refractivity contribution in [2.75, 3.05) is 39.8 Å². The van der Waals surface area contributed by atoms with Gasteiger partial charge >= 0.3 is 0 Å². The lowest BCUT2D eigenvalue weighted by Gasteiger charge is -2.36. The van der Waals surface area contributed by atoms with E-state index in [1.807, 2.05) is 13.0 Å². The maximum atomic E-state index is 13.2. The van der Waals surface area contributed by atoms with Crippen molar-refractivity contribution in [1.29, 1.82) is 0 Å². The van der Waals surface area contributed by atoms with E-state index in [0.717, 1.165) is 44.4 Å². The van der Waals surface area contributed by atoms with Crippen LogP contribution < -0.4 is 10.1 Å². The summed E-state index contributed by atoms with van der Waals surface area (Å²) in [4.78, 5) is 8.95. The summed E-state index contributed by atoms with van der Waals surface area (Å²) in [6.45, 7) is 6.97. The maximum absolute atomic E-state index is 13.2. The fraction of sp³-hybridized carbons (Fsp3) is 0.474. The summed E-state index contributed by atoms with van der Waals surface area (Å²) < 4.78 is 23.9. The molecule has 0 amide bonds. The van der Waals surface area contributed by atoms with E-state index in [9.17, 15) is 4.39 Å². The lowest BCUT2D eigenvalue weighted by Crippen LogP contribution is -2.53. The number of aliphatic imine (C=N–C) groups is 1. The molecule has 1 aromatic carbocycles. The highest BCUT2D eigenvalue weighted by Crippen LogP contribution is 2.13. The van der Waals surface area contributed by atoms with Gasteiger partial charge in [-0.2, -0.15) is 0 Å². The summed E-state index contributed by atoms with van der Waals surface area (Å²) in [6, 6.07) is 8.08. The van der Waals surface area contributed by atoms with Crippen LogP contribution >= 0.6 is 24.0 Å². The van der Waals surface area contributed by atoms with Gasteiger partial charge in [0.25, 0.3) is 0 Å². The summed E-state index contributed by atoms with van der Waals surface area (Å²) in [5.41, 5.74) is 0.953. The molecule has 154 valence electrons. The van der Waals surface area contributed by atoms with Gasteiger partial charge in [-0.1, -0.05) is 11.2 Å². The van der Waals surface area contributed by atoms with Crippen LogP contribution in [0.5, 0.6) is 5.75 Å². The van der Waals surface area contributed by atoms with Crippen molar-refractivity contribution in [1.82, 2.24) is 20.3 Å². The predicted molar refractivity (Wildman–Crippen MR) is 117 cm³/mol. The first kappa shape index (κ1) is 22.4. The molecule has 2 aromatic rings. The zero-order valence-electron chi connectivity index (χ0n) is 16.2. The van der Waals surface area contributed by atoms with E-state index in [1.54, 1.807) is 25.4 Å². The van der Waals surface area contributed by atoms with Crippen LogP contribution in [0.2, 0.25) is 0 Å². The fourth-order valence-corrected chi connectivity index (χ4v) is 3.05. The second-order valence-electron chi connectivity index (χ2n) is 6.57. The normalized spacial score (nSPS) is 16.4. The Morgan fingerprint density at radius 2 is 2.11 bits per heavy atom. The molecule has 1 fully saturated rings. The highest BCUT2D eigenvalue weighted by Gasteiger charge is 2.20. The minimum Gasteiger partial charge on any atom is -0.489 e. The average Bonchev–Trinajstić information content (AvgIpc) is 3.16. The van der Waals surface area contributed by atoms with Crippen LogP contribution in [0.3, 0.4) is 0 Å². The molecule has 2 heterocycles. The number of nitrogens with zero attached hydrogens (tertiary/aromatic N) is 4. The van der Waals surface area contributed by atoms with E-state index in [1.165, 1.54) is 12.1 Å². The lowest BCUT2D eigenvalue weighted by atomic mass is 10.3. The number of piperazine rings is 1. The third-order valence-electron chi connectivity index (χ3n) is 4.44. The largest absolute Gasteiger partial charge is 0.489 e. The van der Waals surface area contributed by atoms with Crippen LogP contribution in [0.15, 0.2) is 46.1 Å². The Bertz CT molecular complexity index is 736. The van der Waals surface area contributed by atoms with Crippen LogP contribution in [-0.4, -0.2) is 66.8 Å². The Hall–Kier alpha value is -1.88. The highest BCUT2D eigenvalue weighted by molar-refractivity contribution is 14.0. The summed E-state index contributed by atoms with van der Waals surface area (Å²) >= 11 is 0. The molecule has 0 bridgehead atoms. The number of guanidine groups is 1. The summed E-state index contributed by atoms with van der Waals surface area (Å²) in [5.74, 6) is 1.08. The van der Waals surface area contributed by atoms with Gasteiger partial charge in [-0.15, -0.1) is 24.0 Å². The second-order valence-corrected chi connectivity index (χ2v) is 6.57. The number of halogens is 2. The average molecular weight is 503 g/mol. The van der Waals surface area contributed by atoms with Crippen molar-refractivity contribution >= 4 is 29.9 Å². The Kier molecular flexibility index (Phi) is 8.97. The van der Waals surface area contributed by atoms with Gasteiger partial charge in [0.15, 0.2) is 5.96 Å². The predicted octanol–water partition coefficient (Wildman–Crippen LogP) is 2.59. The topological polar surface area (TPSA) is 66.1 Å². The first-order valence-corrected chi connectivity index (χ1v) is 9.13. The van der Waals surface area contributed by atoms with E-state index in [2.05, 4.69) is 25.3 Å². The van der Waals surface area contributed by atoms with Gasteiger partial charge in [0.1, 0.15) is 23.9 Å². The Morgan fingerprint density at radius 3 is 2.75 bits per heavy atom. The molecule has 9 heteroatoms. The fourth-order valence-electron chi connectivity index (χ4n) is 3.05. The zero-order chi connectivity index (χ0) is 19.1. The Labute approximate surface area is 181 Å². The first-order chi connectivity index (χ1) is 13.1. The van der Waals surface area contributed by atoms with Crippen LogP contribution in [-0.2, 0) is 6.54 Å². The summed E-state index contributed by atoms with van der Waals surface area (Å²) in [6.07, 6.45) is 1.49. The van der Waals surface area contributed by atoms with Gasteiger partial charge < -0.3 is 19.5 Å². The Balaban J connectivity index is 0.00000280.